The van der Waals surface area contributed by atoms with Crippen LogP contribution in [0.3, 0.4) is 0 Å². The Balaban J connectivity index is 1.88. The van der Waals surface area contributed by atoms with E-state index in [9.17, 15) is 4.79 Å². The van der Waals surface area contributed by atoms with Gasteiger partial charge in [-0.3, -0.25) is 9.78 Å². The normalized spacial score (nSPS) is 10.6. The molecule has 0 aliphatic carbocycles. The number of ketones is 1. The molecular weight excluding hydrogens is 262 g/mol. The van der Waals surface area contributed by atoms with Crippen molar-refractivity contribution in [2.45, 2.75) is 39.2 Å². The first kappa shape index (κ1) is 15.2. The van der Waals surface area contributed by atoms with Crippen molar-refractivity contribution < 1.29 is 9.53 Å². The molecule has 1 aromatic carbocycles. The van der Waals surface area contributed by atoms with E-state index in [2.05, 4.69) is 17.1 Å². The number of hydrogen-bond donors (Lipinski definition) is 0. The molecule has 0 N–H and O–H groups in total. The predicted octanol–water partition coefficient (Wildman–Crippen LogP) is 4.07. The SMILES string of the molecule is CC(C)Oc1cncc(C(=O)CCCc2ccccc2)c1. The fourth-order valence-electron chi connectivity index (χ4n) is 2.15. The van der Waals surface area contributed by atoms with Gasteiger partial charge in [0.25, 0.3) is 0 Å². The topological polar surface area (TPSA) is 39.2 Å². The summed E-state index contributed by atoms with van der Waals surface area (Å²) in [5.41, 5.74) is 1.89. The molecule has 0 aliphatic heterocycles. The molecule has 21 heavy (non-hydrogen) atoms. The molecular formula is C18H21NO2. The van der Waals surface area contributed by atoms with Crippen LogP contribution in [0.5, 0.6) is 5.75 Å². The smallest absolute Gasteiger partial charge is 0.164 e. The van der Waals surface area contributed by atoms with Gasteiger partial charge in [-0.05, 0) is 38.3 Å². The molecule has 110 valence electrons. The number of Topliss-reactive ketones (excluding diaryl/α,β-unsaturated/α-hetero) is 1. The number of aryl methyl sites for hydroxylation is 1. The molecule has 2 aromatic rings. The highest BCUT2D eigenvalue weighted by molar-refractivity contribution is 5.96. The van der Waals surface area contributed by atoms with Gasteiger partial charge in [0.2, 0.25) is 0 Å². The Hall–Kier alpha value is -2.16. The summed E-state index contributed by atoms with van der Waals surface area (Å²) in [6, 6.07) is 12.0. The lowest BCUT2D eigenvalue weighted by molar-refractivity contribution is 0.0979. The third-order valence-corrected chi connectivity index (χ3v) is 3.12. The molecule has 2 rings (SSSR count). The van der Waals surface area contributed by atoms with Gasteiger partial charge >= 0.3 is 0 Å². The van der Waals surface area contributed by atoms with E-state index in [0.29, 0.717) is 17.7 Å². The number of carbonyl (C=O) groups is 1. The second-order valence-corrected chi connectivity index (χ2v) is 5.34. The fourth-order valence-corrected chi connectivity index (χ4v) is 2.15. The van der Waals surface area contributed by atoms with Gasteiger partial charge in [0, 0.05) is 18.2 Å². The van der Waals surface area contributed by atoms with Crippen LogP contribution in [0.1, 0.15) is 42.6 Å². The fraction of sp³-hybridized carbons (Fsp3) is 0.333. The number of benzene rings is 1. The summed E-state index contributed by atoms with van der Waals surface area (Å²) in [4.78, 5) is 16.3. The summed E-state index contributed by atoms with van der Waals surface area (Å²) < 4.78 is 5.56. The predicted molar refractivity (Wildman–Crippen MR) is 83.7 cm³/mol. The third kappa shape index (κ3) is 5.03. The Labute approximate surface area is 126 Å². The summed E-state index contributed by atoms with van der Waals surface area (Å²) in [5, 5.41) is 0. The van der Waals surface area contributed by atoms with E-state index in [1.807, 2.05) is 32.0 Å². The second kappa shape index (κ2) is 7.58. The maximum atomic E-state index is 12.2. The number of hydrogen-bond acceptors (Lipinski definition) is 3. The number of carbonyl (C=O) groups excluding carboxylic acids is 1. The number of ether oxygens (including phenoxy) is 1. The lowest BCUT2D eigenvalue weighted by Crippen LogP contribution is -2.07. The van der Waals surface area contributed by atoms with Crippen molar-refractivity contribution >= 4 is 5.78 Å². The zero-order chi connectivity index (χ0) is 15.1. The molecule has 0 spiro atoms. The van der Waals surface area contributed by atoms with Crippen LogP contribution in [-0.4, -0.2) is 16.9 Å². The largest absolute Gasteiger partial charge is 0.489 e. The first-order valence-corrected chi connectivity index (χ1v) is 7.34. The second-order valence-electron chi connectivity index (χ2n) is 5.34. The average molecular weight is 283 g/mol. The molecule has 0 saturated carbocycles. The van der Waals surface area contributed by atoms with Crippen LogP contribution in [0, 0.1) is 0 Å². The van der Waals surface area contributed by atoms with Gasteiger partial charge in [0.1, 0.15) is 5.75 Å². The highest BCUT2D eigenvalue weighted by atomic mass is 16.5. The van der Waals surface area contributed by atoms with Crippen LogP contribution in [0.4, 0.5) is 0 Å². The van der Waals surface area contributed by atoms with Crippen LogP contribution in [0.25, 0.3) is 0 Å². The minimum atomic E-state index is 0.0789. The van der Waals surface area contributed by atoms with Crippen molar-refractivity contribution in [3.8, 4) is 5.75 Å². The zero-order valence-electron chi connectivity index (χ0n) is 12.6. The monoisotopic (exact) mass is 283 g/mol. The van der Waals surface area contributed by atoms with Crippen molar-refractivity contribution in [1.29, 1.82) is 0 Å². The minimum Gasteiger partial charge on any atom is -0.489 e. The minimum absolute atomic E-state index is 0.0789. The van der Waals surface area contributed by atoms with E-state index in [-0.39, 0.29) is 11.9 Å². The van der Waals surface area contributed by atoms with Gasteiger partial charge in [-0.25, -0.2) is 0 Å². The lowest BCUT2D eigenvalue weighted by atomic mass is 10.0. The highest BCUT2D eigenvalue weighted by Gasteiger charge is 2.08. The van der Waals surface area contributed by atoms with Crippen LogP contribution >= 0.6 is 0 Å². The Bertz CT molecular complexity index is 579. The van der Waals surface area contributed by atoms with Crippen molar-refractivity contribution in [3.05, 3.63) is 59.9 Å². The van der Waals surface area contributed by atoms with E-state index >= 15 is 0 Å². The number of nitrogens with zero attached hydrogens (tertiary/aromatic N) is 1. The number of pyridine rings is 1. The molecule has 0 aliphatic rings. The molecule has 0 fully saturated rings. The van der Waals surface area contributed by atoms with Gasteiger partial charge in [0.05, 0.1) is 12.3 Å². The summed E-state index contributed by atoms with van der Waals surface area (Å²) in [5.74, 6) is 0.770. The van der Waals surface area contributed by atoms with Crippen molar-refractivity contribution in [1.82, 2.24) is 4.98 Å². The van der Waals surface area contributed by atoms with Crippen LogP contribution in [-0.2, 0) is 6.42 Å². The van der Waals surface area contributed by atoms with Gasteiger partial charge < -0.3 is 4.74 Å². The molecule has 1 aromatic heterocycles. The van der Waals surface area contributed by atoms with Gasteiger partial charge in [-0.1, -0.05) is 30.3 Å². The Kier molecular flexibility index (Phi) is 5.50. The first-order valence-electron chi connectivity index (χ1n) is 7.34. The number of aromatic nitrogens is 1. The van der Waals surface area contributed by atoms with Crippen LogP contribution < -0.4 is 4.74 Å². The molecule has 1 heterocycles. The van der Waals surface area contributed by atoms with Gasteiger partial charge in [0.15, 0.2) is 5.78 Å². The highest BCUT2D eigenvalue weighted by Crippen LogP contribution is 2.15. The standard InChI is InChI=1S/C18H21NO2/c1-14(2)21-17-11-16(12-19-13-17)18(20)10-6-9-15-7-4-3-5-8-15/h3-5,7-8,11-14H,6,9-10H2,1-2H3. The van der Waals surface area contributed by atoms with E-state index in [4.69, 9.17) is 4.74 Å². The summed E-state index contributed by atoms with van der Waals surface area (Å²) in [6.45, 7) is 3.91. The van der Waals surface area contributed by atoms with E-state index in [1.165, 1.54) is 5.56 Å². The molecule has 0 unspecified atom stereocenters. The molecule has 0 radical (unpaired) electrons. The maximum Gasteiger partial charge on any atom is 0.164 e. The van der Waals surface area contributed by atoms with E-state index in [1.54, 1.807) is 18.5 Å². The van der Waals surface area contributed by atoms with Crippen LogP contribution in [0.2, 0.25) is 0 Å². The first-order chi connectivity index (χ1) is 10.1. The molecule has 0 amide bonds. The van der Waals surface area contributed by atoms with Crippen LogP contribution in [0.15, 0.2) is 48.8 Å². The van der Waals surface area contributed by atoms with E-state index in [0.717, 1.165) is 12.8 Å². The molecule has 3 heteroatoms. The van der Waals surface area contributed by atoms with Gasteiger partial charge in [-0.2, -0.15) is 0 Å². The van der Waals surface area contributed by atoms with Crippen molar-refractivity contribution in [2.24, 2.45) is 0 Å². The Morgan fingerprint density at radius 3 is 2.67 bits per heavy atom. The van der Waals surface area contributed by atoms with E-state index < -0.39 is 0 Å². The number of rotatable bonds is 7. The summed E-state index contributed by atoms with van der Waals surface area (Å²) >= 11 is 0. The Morgan fingerprint density at radius 2 is 1.95 bits per heavy atom. The summed E-state index contributed by atoms with van der Waals surface area (Å²) in [7, 11) is 0. The third-order valence-electron chi connectivity index (χ3n) is 3.12. The maximum absolute atomic E-state index is 12.2. The average Bonchev–Trinajstić information content (AvgIpc) is 2.48. The molecule has 0 bridgehead atoms. The molecule has 0 saturated heterocycles. The molecule has 3 nitrogen and oxygen atoms in total. The van der Waals surface area contributed by atoms with Crippen molar-refractivity contribution in [2.75, 3.05) is 0 Å². The van der Waals surface area contributed by atoms with Gasteiger partial charge in [-0.15, -0.1) is 0 Å². The summed E-state index contributed by atoms with van der Waals surface area (Å²) in [6.07, 6.45) is 5.62. The lowest BCUT2D eigenvalue weighted by Gasteiger charge is -2.10. The Morgan fingerprint density at radius 1 is 1.19 bits per heavy atom. The molecule has 0 atom stereocenters. The van der Waals surface area contributed by atoms with Crippen molar-refractivity contribution in [3.63, 3.8) is 0 Å². The zero-order valence-corrected chi connectivity index (χ0v) is 12.6. The quantitative estimate of drug-likeness (QED) is 0.719.